The third-order valence-electron chi connectivity index (χ3n) is 2.92. The van der Waals surface area contributed by atoms with Gasteiger partial charge in [-0.2, -0.15) is 13.2 Å². The number of alkyl halides is 3. The highest BCUT2D eigenvalue weighted by Gasteiger charge is 2.33. The van der Waals surface area contributed by atoms with Crippen LogP contribution in [0.15, 0.2) is 48.5 Å². The molecular weight excluding hydrogens is 300 g/mol. The summed E-state index contributed by atoms with van der Waals surface area (Å²) in [5.74, 6) is -1.76. The number of hydrogen-bond acceptors (Lipinski definition) is 1. The molecular formula is C16H10F4O2. The van der Waals surface area contributed by atoms with E-state index in [1.807, 2.05) is 0 Å². The summed E-state index contributed by atoms with van der Waals surface area (Å²) in [5, 5.41) is 8.57. The van der Waals surface area contributed by atoms with Crippen LogP contribution in [0.5, 0.6) is 0 Å². The Hall–Kier alpha value is -2.63. The molecule has 22 heavy (non-hydrogen) atoms. The first-order chi connectivity index (χ1) is 10.3. The standard InChI is InChI=1S/C16H10F4O2/c17-12-5-3-11(4-6-12)13-9-10(2-8-15(21)22)1-7-14(13)16(18,19)20/h1-9H,(H,21,22). The van der Waals surface area contributed by atoms with Crippen molar-refractivity contribution in [1.82, 2.24) is 0 Å². The van der Waals surface area contributed by atoms with Crippen LogP contribution in [0, 0.1) is 5.82 Å². The lowest BCUT2D eigenvalue weighted by atomic mass is 9.96. The van der Waals surface area contributed by atoms with Gasteiger partial charge in [-0.15, -0.1) is 0 Å². The molecule has 0 atom stereocenters. The Bertz CT molecular complexity index is 716. The van der Waals surface area contributed by atoms with E-state index in [1.54, 1.807) is 0 Å². The van der Waals surface area contributed by atoms with Gasteiger partial charge in [0.05, 0.1) is 5.56 Å². The number of halogens is 4. The van der Waals surface area contributed by atoms with Gasteiger partial charge in [-0.1, -0.05) is 18.2 Å². The van der Waals surface area contributed by atoms with E-state index in [2.05, 4.69) is 0 Å². The molecule has 114 valence electrons. The average Bonchev–Trinajstić information content (AvgIpc) is 2.44. The summed E-state index contributed by atoms with van der Waals surface area (Å²) in [6.07, 6.45) is -2.55. The highest BCUT2D eigenvalue weighted by molar-refractivity contribution is 5.85. The van der Waals surface area contributed by atoms with E-state index < -0.39 is 23.5 Å². The maximum absolute atomic E-state index is 13.1. The zero-order valence-electron chi connectivity index (χ0n) is 11.1. The van der Waals surface area contributed by atoms with Crippen LogP contribution < -0.4 is 0 Å². The van der Waals surface area contributed by atoms with E-state index in [9.17, 15) is 22.4 Å². The molecule has 0 heterocycles. The predicted molar refractivity (Wildman–Crippen MR) is 73.5 cm³/mol. The third kappa shape index (κ3) is 3.72. The zero-order chi connectivity index (χ0) is 16.3. The molecule has 0 saturated heterocycles. The fourth-order valence-corrected chi connectivity index (χ4v) is 1.95. The van der Waals surface area contributed by atoms with E-state index in [-0.39, 0.29) is 11.1 Å². The Balaban J connectivity index is 2.58. The Labute approximate surface area is 123 Å². The van der Waals surface area contributed by atoms with Gasteiger partial charge in [0.15, 0.2) is 0 Å². The van der Waals surface area contributed by atoms with Crippen molar-refractivity contribution in [2.75, 3.05) is 0 Å². The molecule has 0 amide bonds. The van der Waals surface area contributed by atoms with Gasteiger partial charge in [0.2, 0.25) is 0 Å². The molecule has 0 aliphatic rings. The van der Waals surface area contributed by atoms with Crippen LogP contribution in [-0.4, -0.2) is 11.1 Å². The number of aliphatic carboxylic acids is 1. The van der Waals surface area contributed by atoms with E-state index in [0.717, 1.165) is 24.3 Å². The first kappa shape index (κ1) is 15.8. The Morgan fingerprint density at radius 2 is 1.68 bits per heavy atom. The Morgan fingerprint density at radius 1 is 1.05 bits per heavy atom. The fourth-order valence-electron chi connectivity index (χ4n) is 1.95. The molecule has 2 nitrogen and oxygen atoms in total. The lowest BCUT2D eigenvalue weighted by Crippen LogP contribution is -2.07. The van der Waals surface area contributed by atoms with Gasteiger partial charge >= 0.3 is 12.1 Å². The lowest BCUT2D eigenvalue weighted by molar-refractivity contribution is -0.137. The zero-order valence-corrected chi connectivity index (χ0v) is 11.1. The fraction of sp³-hybridized carbons (Fsp3) is 0.0625. The number of carboxylic acid groups (broad SMARTS) is 1. The SMILES string of the molecule is O=C(O)C=Cc1ccc(C(F)(F)F)c(-c2ccc(F)cc2)c1. The van der Waals surface area contributed by atoms with Crippen molar-refractivity contribution in [3.05, 3.63) is 65.5 Å². The smallest absolute Gasteiger partial charge is 0.417 e. The van der Waals surface area contributed by atoms with E-state index in [4.69, 9.17) is 5.11 Å². The highest BCUT2D eigenvalue weighted by Crippen LogP contribution is 2.37. The van der Waals surface area contributed by atoms with Crippen LogP contribution in [-0.2, 0) is 11.0 Å². The third-order valence-corrected chi connectivity index (χ3v) is 2.92. The van der Waals surface area contributed by atoms with Gasteiger partial charge < -0.3 is 5.11 Å². The second-order valence-electron chi connectivity index (χ2n) is 4.48. The number of carboxylic acids is 1. The van der Waals surface area contributed by atoms with Gasteiger partial charge in [0.25, 0.3) is 0 Å². The van der Waals surface area contributed by atoms with Gasteiger partial charge in [0.1, 0.15) is 5.82 Å². The summed E-state index contributed by atoms with van der Waals surface area (Å²) >= 11 is 0. The molecule has 2 aromatic rings. The lowest BCUT2D eigenvalue weighted by Gasteiger charge is -2.14. The molecule has 0 aliphatic heterocycles. The summed E-state index contributed by atoms with van der Waals surface area (Å²) in [6.45, 7) is 0. The normalized spacial score (nSPS) is 11.8. The minimum Gasteiger partial charge on any atom is -0.478 e. The van der Waals surface area contributed by atoms with E-state index in [0.29, 0.717) is 5.56 Å². The Morgan fingerprint density at radius 3 is 2.23 bits per heavy atom. The summed E-state index contributed by atoms with van der Waals surface area (Å²) < 4.78 is 52.1. The first-order valence-electron chi connectivity index (χ1n) is 6.15. The predicted octanol–water partition coefficient (Wildman–Crippen LogP) is 4.61. The molecule has 0 aliphatic carbocycles. The van der Waals surface area contributed by atoms with Crippen molar-refractivity contribution in [2.24, 2.45) is 0 Å². The number of rotatable bonds is 3. The summed E-state index contributed by atoms with van der Waals surface area (Å²) in [4.78, 5) is 10.5. The van der Waals surface area contributed by atoms with Crippen molar-refractivity contribution in [2.45, 2.75) is 6.18 Å². The second kappa shape index (κ2) is 6.01. The van der Waals surface area contributed by atoms with Gasteiger partial charge in [-0.05, 0) is 47.0 Å². The van der Waals surface area contributed by atoms with Crippen LogP contribution in [0.25, 0.3) is 17.2 Å². The quantitative estimate of drug-likeness (QED) is 0.664. The van der Waals surface area contributed by atoms with E-state index in [1.165, 1.54) is 30.3 Å². The van der Waals surface area contributed by atoms with Crippen molar-refractivity contribution in [3.63, 3.8) is 0 Å². The van der Waals surface area contributed by atoms with Crippen LogP contribution in [0.2, 0.25) is 0 Å². The van der Waals surface area contributed by atoms with Crippen molar-refractivity contribution in [3.8, 4) is 11.1 Å². The van der Waals surface area contributed by atoms with Crippen molar-refractivity contribution < 1.29 is 27.5 Å². The Kier molecular flexibility index (Phi) is 4.30. The number of carbonyl (C=O) groups is 1. The summed E-state index contributed by atoms with van der Waals surface area (Å²) in [5.41, 5.74) is -0.513. The van der Waals surface area contributed by atoms with Crippen LogP contribution >= 0.6 is 0 Å². The maximum Gasteiger partial charge on any atom is 0.417 e. The maximum atomic E-state index is 13.1. The number of benzene rings is 2. The van der Waals surface area contributed by atoms with Gasteiger partial charge in [-0.25, -0.2) is 9.18 Å². The summed E-state index contributed by atoms with van der Waals surface area (Å²) in [6, 6.07) is 7.88. The minimum absolute atomic E-state index is 0.139. The molecule has 0 bridgehead atoms. The minimum atomic E-state index is -4.57. The number of hydrogen-bond donors (Lipinski definition) is 1. The largest absolute Gasteiger partial charge is 0.478 e. The molecule has 0 aromatic heterocycles. The van der Waals surface area contributed by atoms with Crippen molar-refractivity contribution >= 4 is 12.0 Å². The van der Waals surface area contributed by atoms with E-state index >= 15 is 0 Å². The van der Waals surface area contributed by atoms with Crippen molar-refractivity contribution in [1.29, 1.82) is 0 Å². The topological polar surface area (TPSA) is 37.3 Å². The highest BCUT2D eigenvalue weighted by atomic mass is 19.4. The molecule has 1 N–H and O–H groups in total. The van der Waals surface area contributed by atoms with Gasteiger partial charge in [-0.3, -0.25) is 0 Å². The first-order valence-corrected chi connectivity index (χ1v) is 6.15. The monoisotopic (exact) mass is 310 g/mol. The molecule has 0 fully saturated rings. The van der Waals surface area contributed by atoms with Crippen LogP contribution in [0.3, 0.4) is 0 Å². The van der Waals surface area contributed by atoms with Crippen LogP contribution in [0.1, 0.15) is 11.1 Å². The molecule has 2 rings (SSSR count). The molecule has 0 unspecified atom stereocenters. The van der Waals surface area contributed by atoms with Crippen LogP contribution in [0.4, 0.5) is 17.6 Å². The average molecular weight is 310 g/mol. The summed E-state index contributed by atoms with van der Waals surface area (Å²) in [7, 11) is 0. The second-order valence-corrected chi connectivity index (χ2v) is 4.48. The van der Waals surface area contributed by atoms with Gasteiger partial charge in [0, 0.05) is 6.08 Å². The molecule has 0 saturated carbocycles. The molecule has 0 spiro atoms. The molecule has 6 heteroatoms. The molecule has 0 radical (unpaired) electrons. The molecule has 2 aromatic carbocycles.